The van der Waals surface area contributed by atoms with Gasteiger partial charge in [0.2, 0.25) is 11.8 Å². The van der Waals surface area contributed by atoms with Gasteiger partial charge in [-0.05, 0) is 24.6 Å². The highest BCUT2D eigenvalue weighted by Crippen LogP contribution is 2.25. The number of hydrogen-bond acceptors (Lipinski definition) is 3. The van der Waals surface area contributed by atoms with Crippen molar-refractivity contribution >= 4 is 34.8 Å². The molecule has 1 rings (SSSR count). The van der Waals surface area contributed by atoms with Crippen LogP contribution in [-0.2, 0) is 9.59 Å². The summed E-state index contributed by atoms with van der Waals surface area (Å²) in [6.45, 7) is 2.22. The molecular formula is C13H18ClN3O2. The molecule has 0 saturated carbocycles. The van der Waals surface area contributed by atoms with E-state index in [0.717, 1.165) is 6.42 Å². The summed E-state index contributed by atoms with van der Waals surface area (Å²) in [7, 11) is 0. The Morgan fingerprint density at radius 3 is 2.47 bits per heavy atom. The summed E-state index contributed by atoms with van der Waals surface area (Å²) in [5, 5.41) is 5.77. The normalized spacial score (nSPS) is 10.1. The lowest BCUT2D eigenvalue weighted by molar-refractivity contribution is -0.117. The van der Waals surface area contributed by atoms with Crippen molar-refractivity contribution in [2.75, 3.05) is 17.2 Å². The fraction of sp³-hybridized carbons (Fsp3) is 0.385. The zero-order valence-corrected chi connectivity index (χ0v) is 11.6. The number of hydrogen-bond donors (Lipinski definition) is 3. The van der Waals surface area contributed by atoms with Gasteiger partial charge in [-0.3, -0.25) is 9.59 Å². The fourth-order valence-corrected chi connectivity index (χ4v) is 1.72. The van der Waals surface area contributed by atoms with E-state index < -0.39 is 0 Å². The highest BCUT2D eigenvalue weighted by atomic mass is 35.5. The Bertz CT molecular complexity index is 463. The minimum absolute atomic E-state index is 0.0793. The van der Waals surface area contributed by atoms with Crippen LogP contribution in [0.1, 0.15) is 26.2 Å². The summed E-state index contributed by atoms with van der Waals surface area (Å²) in [6.07, 6.45) is 1.48. The fourth-order valence-electron chi connectivity index (χ4n) is 1.49. The Kier molecular flexibility index (Phi) is 6.32. The van der Waals surface area contributed by atoms with Crippen molar-refractivity contribution in [3.05, 3.63) is 23.2 Å². The Hall–Kier alpha value is -1.59. The number of benzene rings is 1. The number of halogens is 1. The monoisotopic (exact) mass is 283 g/mol. The largest absolute Gasteiger partial charge is 0.330 e. The molecule has 1 aromatic carbocycles. The molecule has 4 N–H and O–H groups in total. The topological polar surface area (TPSA) is 84.2 Å². The van der Waals surface area contributed by atoms with Crippen molar-refractivity contribution in [1.29, 1.82) is 0 Å². The van der Waals surface area contributed by atoms with Crippen molar-refractivity contribution in [2.45, 2.75) is 26.2 Å². The Labute approximate surface area is 117 Å². The molecule has 0 spiro atoms. The first-order valence-corrected chi connectivity index (χ1v) is 6.54. The van der Waals surface area contributed by atoms with Gasteiger partial charge in [-0.15, -0.1) is 0 Å². The van der Waals surface area contributed by atoms with Crippen molar-refractivity contribution in [3.8, 4) is 0 Å². The molecule has 5 nitrogen and oxygen atoms in total. The average molecular weight is 284 g/mol. The molecule has 0 radical (unpaired) electrons. The molecular weight excluding hydrogens is 266 g/mol. The van der Waals surface area contributed by atoms with Crippen LogP contribution >= 0.6 is 11.6 Å². The number of carbonyl (C=O) groups is 2. The summed E-state index contributed by atoms with van der Waals surface area (Å²) < 4.78 is 0. The van der Waals surface area contributed by atoms with E-state index in [0.29, 0.717) is 29.4 Å². The Balaban J connectivity index is 2.69. The first kappa shape index (κ1) is 15.5. The standard InChI is InChI=1S/C13H18ClN3O2/c1-2-3-12(18)17-11-5-4-9(8-10(11)14)16-13(19)6-7-15/h4-5,8H,2-3,6-7,15H2,1H3,(H,16,19)(H,17,18). The third-order valence-electron chi connectivity index (χ3n) is 2.38. The molecule has 0 heterocycles. The number of carbonyl (C=O) groups excluding carboxylic acids is 2. The summed E-state index contributed by atoms with van der Waals surface area (Å²) in [5.41, 5.74) is 6.41. The van der Waals surface area contributed by atoms with E-state index in [1.54, 1.807) is 18.2 Å². The zero-order valence-electron chi connectivity index (χ0n) is 10.8. The van der Waals surface area contributed by atoms with Gasteiger partial charge in [-0.25, -0.2) is 0 Å². The first-order valence-electron chi connectivity index (χ1n) is 6.16. The lowest BCUT2D eigenvalue weighted by Crippen LogP contribution is -2.16. The van der Waals surface area contributed by atoms with E-state index >= 15 is 0 Å². The van der Waals surface area contributed by atoms with Gasteiger partial charge in [0.15, 0.2) is 0 Å². The molecule has 0 saturated heterocycles. The van der Waals surface area contributed by atoms with Crippen LogP contribution in [0, 0.1) is 0 Å². The first-order chi connectivity index (χ1) is 9.06. The molecule has 0 aromatic heterocycles. The molecule has 6 heteroatoms. The molecule has 0 aliphatic rings. The quantitative estimate of drug-likeness (QED) is 0.749. The molecule has 0 bridgehead atoms. The van der Waals surface area contributed by atoms with Gasteiger partial charge < -0.3 is 16.4 Å². The lowest BCUT2D eigenvalue weighted by atomic mass is 10.2. The van der Waals surface area contributed by atoms with Crippen LogP contribution in [0.25, 0.3) is 0 Å². The maximum Gasteiger partial charge on any atom is 0.225 e. The minimum atomic E-state index is -0.165. The van der Waals surface area contributed by atoms with Crippen molar-refractivity contribution in [2.24, 2.45) is 5.73 Å². The van der Waals surface area contributed by atoms with Crippen LogP contribution < -0.4 is 16.4 Å². The second-order valence-electron chi connectivity index (χ2n) is 4.08. The maximum absolute atomic E-state index is 11.5. The molecule has 0 fully saturated rings. The molecule has 104 valence electrons. The smallest absolute Gasteiger partial charge is 0.225 e. The molecule has 0 aliphatic carbocycles. The van der Waals surface area contributed by atoms with E-state index in [9.17, 15) is 9.59 Å². The lowest BCUT2D eigenvalue weighted by Gasteiger charge is -2.09. The van der Waals surface area contributed by atoms with E-state index in [-0.39, 0.29) is 18.2 Å². The second-order valence-corrected chi connectivity index (χ2v) is 4.49. The van der Waals surface area contributed by atoms with Crippen molar-refractivity contribution in [1.82, 2.24) is 0 Å². The SMILES string of the molecule is CCCC(=O)Nc1ccc(NC(=O)CCN)cc1Cl. The van der Waals surface area contributed by atoms with E-state index in [1.807, 2.05) is 6.92 Å². The molecule has 0 aliphatic heterocycles. The predicted molar refractivity (Wildman–Crippen MR) is 77.3 cm³/mol. The summed E-state index contributed by atoms with van der Waals surface area (Å²) in [4.78, 5) is 22.8. The van der Waals surface area contributed by atoms with Gasteiger partial charge in [-0.1, -0.05) is 18.5 Å². The summed E-state index contributed by atoms with van der Waals surface area (Å²) >= 11 is 6.04. The second kappa shape index (κ2) is 7.76. The van der Waals surface area contributed by atoms with Crippen LogP contribution in [0.3, 0.4) is 0 Å². The van der Waals surface area contributed by atoms with Gasteiger partial charge in [-0.2, -0.15) is 0 Å². The van der Waals surface area contributed by atoms with Gasteiger partial charge in [0, 0.05) is 25.1 Å². The van der Waals surface area contributed by atoms with Crippen LogP contribution in [-0.4, -0.2) is 18.4 Å². The van der Waals surface area contributed by atoms with Crippen LogP contribution in [0.15, 0.2) is 18.2 Å². The minimum Gasteiger partial charge on any atom is -0.330 e. The third-order valence-corrected chi connectivity index (χ3v) is 2.69. The van der Waals surface area contributed by atoms with Crippen LogP contribution in [0.4, 0.5) is 11.4 Å². The van der Waals surface area contributed by atoms with E-state index in [4.69, 9.17) is 17.3 Å². The summed E-state index contributed by atoms with van der Waals surface area (Å²) in [6, 6.07) is 4.94. The summed E-state index contributed by atoms with van der Waals surface area (Å²) in [5.74, 6) is -0.245. The number of rotatable bonds is 6. The molecule has 19 heavy (non-hydrogen) atoms. The predicted octanol–water partition coefficient (Wildman–Crippen LogP) is 2.37. The molecule has 1 aromatic rings. The van der Waals surface area contributed by atoms with Crippen molar-refractivity contribution < 1.29 is 9.59 Å². The average Bonchev–Trinajstić information content (AvgIpc) is 2.33. The highest BCUT2D eigenvalue weighted by molar-refractivity contribution is 6.34. The Morgan fingerprint density at radius 1 is 1.21 bits per heavy atom. The van der Waals surface area contributed by atoms with Crippen molar-refractivity contribution in [3.63, 3.8) is 0 Å². The number of anilines is 2. The maximum atomic E-state index is 11.5. The number of nitrogens with two attached hydrogens (primary N) is 1. The van der Waals surface area contributed by atoms with Gasteiger partial charge in [0.25, 0.3) is 0 Å². The van der Waals surface area contributed by atoms with Crippen LogP contribution in [0.5, 0.6) is 0 Å². The van der Waals surface area contributed by atoms with Gasteiger partial charge in [0.05, 0.1) is 10.7 Å². The molecule has 2 amide bonds. The number of amides is 2. The van der Waals surface area contributed by atoms with E-state index in [2.05, 4.69) is 10.6 Å². The molecule has 0 atom stereocenters. The van der Waals surface area contributed by atoms with Crippen LogP contribution in [0.2, 0.25) is 5.02 Å². The Morgan fingerprint density at radius 2 is 1.89 bits per heavy atom. The van der Waals surface area contributed by atoms with E-state index in [1.165, 1.54) is 0 Å². The van der Waals surface area contributed by atoms with Gasteiger partial charge >= 0.3 is 0 Å². The highest BCUT2D eigenvalue weighted by Gasteiger charge is 2.07. The molecule has 0 unspecified atom stereocenters. The number of nitrogens with one attached hydrogen (secondary N) is 2. The van der Waals surface area contributed by atoms with Gasteiger partial charge in [0.1, 0.15) is 0 Å². The zero-order chi connectivity index (χ0) is 14.3. The third kappa shape index (κ3) is 5.28.